The molecule has 1 heterocycles. The maximum Gasteiger partial charge on any atom is 0.197 e. The van der Waals surface area contributed by atoms with Crippen molar-refractivity contribution in [1.82, 2.24) is 0 Å². The normalized spacial score (nSPS) is 10.4. The van der Waals surface area contributed by atoms with E-state index in [0.717, 1.165) is 16.9 Å². The molecule has 0 saturated carbocycles. The lowest BCUT2D eigenvalue weighted by Crippen LogP contribution is -2.03. The summed E-state index contributed by atoms with van der Waals surface area (Å²) in [6, 6.07) is 5.31. The Bertz CT molecular complexity index is 576. The molecule has 2 rings (SSSR count). The molecule has 0 fully saturated rings. The number of aryl methyl sites for hydroxylation is 2. The molecular formula is C14H13BrO3. The van der Waals surface area contributed by atoms with Crippen LogP contribution >= 0.6 is 15.9 Å². The molecule has 0 N–H and O–H groups in total. The largest absolute Gasteiger partial charge is 0.496 e. The number of hydrogen-bond donors (Lipinski definition) is 0. The molecule has 0 aliphatic carbocycles. The van der Waals surface area contributed by atoms with Gasteiger partial charge in [-0.25, -0.2) is 0 Å². The van der Waals surface area contributed by atoms with Crippen molar-refractivity contribution in [3.8, 4) is 5.75 Å². The first-order chi connectivity index (χ1) is 8.54. The average Bonchev–Trinajstić information content (AvgIpc) is 2.74. The van der Waals surface area contributed by atoms with Crippen LogP contribution < -0.4 is 4.74 Å². The Morgan fingerprint density at radius 1 is 1.28 bits per heavy atom. The van der Waals surface area contributed by atoms with Gasteiger partial charge in [-0.3, -0.25) is 4.79 Å². The summed E-state index contributed by atoms with van der Waals surface area (Å²) in [5.41, 5.74) is 3.05. The molecule has 0 spiro atoms. The van der Waals surface area contributed by atoms with Gasteiger partial charge in [0.25, 0.3) is 0 Å². The summed E-state index contributed by atoms with van der Waals surface area (Å²) in [6.45, 7) is 3.85. The van der Waals surface area contributed by atoms with Crippen LogP contribution in [-0.4, -0.2) is 12.9 Å². The van der Waals surface area contributed by atoms with Crippen molar-refractivity contribution in [3.05, 3.63) is 51.4 Å². The third-order valence-electron chi connectivity index (χ3n) is 2.79. The van der Waals surface area contributed by atoms with Crippen molar-refractivity contribution in [2.45, 2.75) is 13.8 Å². The highest BCUT2D eigenvalue weighted by Gasteiger charge is 2.17. The molecule has 0 atom stereocenters. The number of halogens is 1. The molecular weight excluding hydrogens is 296 g/mol. The van der Waals surface area contributed by atoms with Gasteiger partial charge in [-0.1, -0.05) is 0 Å². The lowest BCUT2D eigenvalue weighted by molar-refractivity contribution is 0.103. The second-order valence-electron chi connectivity index (χ2n) is 4.08. The van der Waals surface area contributed by atoms with Crippen molar-refractivity contribution in [2.75, 3.05) is 7.11 Å². The SMILES string of the molecule is COc1c(C)cc(C(=O)c2ccoc2Br)cc1C. The van der Waals surface area contributed by atoms with Gasteiger partial charge in [-0.05, 0) is 59.1 Å². The Morgan fingerprint density at radius 3 is 2.33 bits per heavy atom. The number of ether oxygens (including phenoxy) is 1. The monoisotopic (exact) mass is 308 g/mol. The molecule has 0 unspecified atom stereocenters. The third kappa shape index (κ3) is 2.20. The van der Waals surface area contributed by atoms with Gasteiger partial charge in [0.15, 0.2) is 10.5 Å². The molecule has 0 bridgehead atoms. The van der Waals surface area contributed by atoms with Crippen molar-refractivity contribution < 1.29 is 13.9 Å². The molecule has 0 radical (unpaired) electrons. The molecule has 0 aliphatic rings. The fraction of sp³-hybridized carbons (Fsp3) is 0.214. The van der Waals surface area contributed by atoms with E-state index < -0.39 is 0 Å². The van der Waals surface area contributed by atoms with E-state index in [2.05, 4.69) is 15.9 Å². The van der Waals surface area contributed by atoms with E-state index in [1.165, 1.54) is 6.26 Å². The zero-order valence-electron chi connectivity index (χ0n) is 10.4. The first-order valence-corrected chi connectivity index (χ1v) is 6.27. The molecule has 4 heteroatoms. The van der Waals surface area contributed by atoms with Gasteiger partial charge >= 0.3 is 0 Å². The van der Waals surface area contributed by atoms with Gasteiger partial charge in [0.05, 0.1) is 18.9 Å². The fourth-order valence-corrected chi connectivity index (χ4v) is 2.43. The van der Waals surface area contributed by atoms with Crippen LogP contribution in [0.2, 0.25) is 0 Å². The van der Waals surface area contributed by atoms with Crippen LogP contribution in [-0.2, 0) is 0 Å². The quantitative estimate of drug-likeness (QED) is 0.807. The first kappa shape index (κ1) is 12.9. The Morgan fingerprint density at radius 2 is 1.89 bits per heavy atom. The van der Waals surface area contributed by atoms with Crippen LogP contribution in [0.15, 0.2) is 33.5 Å². The predicted octanol–water partition coefficient (Wildman–Crippen LogP) is 3.90. The molecule has 0 saturated heterocycles. The number of methoxy groups -OCH3 is 1. The van der Waals surface area contributed by atoms with Crippen molar-refractivity contribution in [2.24, 2.45) is 0 Å². The minimum absolute atomic E-state index is 0.0653. The van der Waals surface area contributed by atoms with E-state index in [1.807, 2.05) is 26.0 Å². The topological polar surface area (TPSA) is 39.4 Å². The minimum atomic E-state index is -0.0653. The van der Waals surface area contributed by atoms with E-state index in [4.69, 9.17) is 9.15 Å². The molecule has 1 aromatic heterocycles. The smallest absolute Gasteiger partial charge is 0.197 e. The van der Waals surface area contributed by atoms with Crippen LogP contribution in [0.4, 0.5) is 0 Å². The minimum Gasteiger partial charge on any atom is -0.496 e. The van der Waals surface area contributed by atoms with Crippen LogP contribution in [0, 0.1) is 13.8 Å². The number of hydrogen-bond acceptors (Lipinski definition) is 3. The van der Waals surface area contributed by atoms with E-state index in [1.54, 1.807) is 13.2 Å². The maximum atomic E-state index is 12.3. The lowest BCUT2D eigenvalue weighted by Gasteiger charge is -2.10. The zero-order valence-corrected chi connectivity index (χ0v) is 12.0. The van der Waals surface area contributed by atoms with E-state index in [-0.39, 0.29) is 5.78 Å². The fourth-order valence-electron chi connectivity index (χ4n) is 2.01. The zero-order chi connectivity index (χ0) is 13.3. The van der Waals surface area contributed by atoms with Gasteiger partial charge in [0.1, 0.15) is 5.75 Å². The summed E-state index contributed by atoms with van der Waals surface area (Å²) < 4.78 is 10.8. The van der Waals surface area contributed by atoms with Crippen molar-refractivity contribution in [1.29, 1.82) is 0 Å². The molecule has 2 aromatic rings. The molecule has 1 aromatic carbocycles. The van der Waals surface area contributed by atoms with Crippen LogP contribution in [0.25, 0.3) is 0 Å². The third-order valence-corrected chi connectivity index (χ3v) is 3.40. The van der Waals surface area contributed by atoms with Gasteiger partial charge in [0, 0.05) is 5.56 Å². The summed E-state index contributed by atoms with van der Waals surface area (Å²) in [4.78, 5) is 12.3. The second-order valence-corrected chi connectivity index (χ2v) is 4.80. The molecule has 0 aliphatic heterocycles. The van der Waals surface area contributed by atoms with Crippen molar-refractivity contribution in [3.63, 3.8) is 0 Å². The van der Waals surface area contributed by atoms with E-state index >= 15 is 0 Å². The van der Waals surface area contributed by atoms with Gasteiger partial charge in [0.2, 0.25) is 0 Å². The maximum absolute atomic E-state index is 12.3. The number of carbonyl (C=O) groups is 1. The standard InChI is InChI=1S/C14H13BrO3/c1-8-6-10(7-9(2)13(8)17-3)12(16)11-4-5-18-14(11)15/h4-7H,1-3H3. The highest BCUT2D eigenvalue weighted by atomic mass is 79.9. The number of ketones is 1. The second kappa shape index (κ2) is 4.98. The molecule has 3 nitrogen and oxygen atoms in total. The lowest BCUT2D eigenvalue weighted by atomic mass is 10.00. The summed E-state index contributed by atoms with van der Waals surface area (Å²) in [6.07, 6.45) is 1.49. The van der Waals surface area contributed by atoms with Crippen LogP contribution in [0.5, 0.6) is 5.75 Å². The summed E-state index contributed by atoms with van der Waals surface area (Å²) in [7, 11) is 1.63. The van der Waals surface area contributed by atoms with E-state index in [0.29, 0.717) is 15.8 Å². The Labute approximate surface area is 114 Å². The Hall–Kier alpha value is -1.55. The number of carbonyl (C=O) groups excluding carboxylic acids is 1. The predicted molar refractivity (Wildman–Crippen MR) is 72.3 cm³/mol. The summed E-state index contributed by atoms with van der Waals surface area (Å²) >= 11 is 3.22. The first-order valence-electron chi connectivity index (χ1n) is 5.47. The Kier molecular flexibility index (Phi) is 3.57. The number of rotatable bonds is 3. The number of benzene rings is 1. The van der Waals surface area contributed by atoms with Crippen LogP contribution in [0.3, 0.4) is 0 Å². The summed E-state index contributed by atoms with van der Waals surface area (Å²) in [5, 5.41) is 0. The Balaban J connectivity index is 2.47. The average molecular weight is 309 g/mol. The molecule has 0 amide bonds. The molecule has 94 valence electrons. The molecule has 18 heavy (non-hydrogen) atoms. The van der Waals surface area contributed by atoms with Gasteiger partial charge in [-0.15, -0.1) is 0 Å². The van der Waals surface area contributed by atoms with Gasteiger partial charge in [-0.2, -0.15) is 0 Å². The van der Waals surface area contributed by atoms with E-state index in [9.17, 15) is 4.79 Å². The highest BCUT2D eigenvalue weighted by Crippen LogP contribution is 2.27. The van der Waals surface area contributed by atoms with Gasteiger partial charge < -0.3 is 9.15 Å². The number of furan rings is 1. The van der Waals surface area contributed by atoms with Crippen molar-refractivity contribution >= 4 is 21.7 Å². The summed E-state index contributed by atoms with van der Waals surface area (Å²) in [5.74, 6) is 0.752. The van der Waals surface area contributed by atoms with Crippen LogP contribution in [0.1, 0.15) is 27.0 Å². The highest BCUT2D eigenvalue weighted by molar-refractivity contribution is 9.10.